The summed E-state index contributed by atoms with van der Waals surface area (Å²) in [7, 11) is 3.95. The predicted molar refractivity (Wildman–Crippen MR) is 102 cm³/mol. The molecule has 0 saturated carbocycles. The van der Waals surface area contributed by atoms with Crippen LogP contribution in [0.1, 0.15) is 31.2 Å². The summed E-state index contributed by atoms with van der Waals surface area (Å²) in [6.07, 6.45) is 6.18. The van der Waals surface area contributed by atoms with Crippen molar-refractivity contribution in [2.45, 2.75) is 31.1 Å². The summed E-state index contributed by atoms with van der Waals surface area (Å²) in [6.45, 7) is 7.30. The Hall–Kier alpha value is -1.81. The Labute approximate surface area is 146 Å². The number of hydrogen-bond donors (Lipinski definition) is 1. The number of nitrogens with one attached hydrogen (secondary N) is 1. The fourth-order valence-corrected chi connectivity index (χ4v) is 3.33. The van der Waals surface area contributed by atoms with Crippen LogP contribution in [0.25, 0.3) is 0 Å². The quantitative estimate of drug-likeness (QED) is 0.361. The van der Waals surface area contributed by atoms with E-state index >= 15 is 0 Å². The first-order chi connectivity index (χ1) is 11.7. The molecule has 132 valence electrons. The van der Waals surface area contributed by atoms with Gasteiger partial charge < -0.3 is 15.0 Å². The highest BCUT2D eigenvalue weighted by Crippen LogP contribution is 2.34. The van der Waals surface area contributed by atoms with Crippen LogP contribution in [-0.2, 0) is 10.2 Å². The third-order valence-electron chi connectivity index (χ3n) is 4.90. The molecule has 24 heavy (non-hydrogen) atoms. The minimum Gasteiger partial charge on any atom is -0.381 e. The molecule has 1 fully saturated rings. The number of ether oxygens (including phenoxy) is 1. The van der Waals surface area contributed by atoms with Gasteiger partial charge in [0.1, 0.15) is 0 Å². The minimum absolute atomic E-state index is 0.122. The van der Waals surface area contributed by atoms with Crippen molar-refractivity contribution in [3.8, 4) is 0 Å². The highest BCUT2D eigenvalue weighted by atomic mass is 16.5. The van der Waals surface area contributed by atoms with E-state index in [1.165, 1.54) is 5.56 Å². The van der Waals surface area contributed by atoms with Gasteiger partial charge in [0.25, 0.3) is 0 Å². The summed E-state index contributed by atoms with van der Waals surface area (Å²) in [6, 6.07) is 10.8. The number of benzene rings is 1. The molecule has 0 unspecified atom stereocenters. The molecule has 0 aliphatic carbocycles. The van der Waals surface area contributed by atoms with E-state index in [2.05, 4.69) is 59.2 Å². The van der Waals surface area contributed by atoms with E-state index < -0.39 is 0 Å². The van der Waals surface area contributed by atoms with Gasteiger partial charge in [-0.2, -0.15) is 0 Å². The number of rotatable bonds is 7. The molecule has 4 heteroatoms. The monoisotopic (exact) mass is 329 g/mol. The Balaban J connectivity index is 2.03. The summed E-state index contributed by atoms with van der Waals surface area (Å²) < 4.78 is 5.61. The van der Waals surface area contributed by atoms with Crippen molar-refractivity contribution in [3.05, 3.63) is 48.6 Å². The SMILES string of the molecule is C=CCCCN(C)C(=NC)NCC1(c2ccccc2)CCOCC1. The molecule has 2 rings (SSSR count). The molecule has 1 N–H and O–H groups in total. The zero-order chi connectivity index (χ0) is 17.3. The molecule has 1 aliphatic heterocycles. The molecule has 0 bridgehead atoms. The van der Waals surface area contributed by atoms with Gasteiger partial charge >= 0.3 is 0 Å². The molecule has 0 radical (unpaired) electrons. The van der Waals surface area contributed by atoms with Crippen molar-refractivity contribution in [1.29, 1.82) is 0 Å². The molecule has 0 spiro atoms. The van der Waals surface area contributed by atoms with Crippen molar-refractivity contribution in [3.63, 3.8) is 0 Å². The Morgan fingerprint density at radius 2 is 2.04 bits per heavy atom. The Kier molecular flexibility index (Phi) is 7.32. The zero-order valence-corrected chi connectivity index (χ0v) is 15.1. The van der Waals surface area contributed by atoms with Gasteiger partial charge in [0.05, 0.1) is 0 Å². The van der Waals surface area contributed by atoms with E-state index in [4.69, 9.17) is 4.74 Å². The largest absolute Gasteiger partial charge is 0.381 e. The molecule has 4 nitrogen and oxygen atoms in total. The van der Waals surface area contributed by atoms with E-state index in [-0.39, 0.29) is 5.41 Å². The third-order valence-corrected chi connectivity index (χ3v) is 4.90. The standard InChI is InChI=1S/C20H31N3O/c1-4-5-9-14-23(3)19(21-2)22-17-20(12-15-24-16-13-20)18-10-7-6-8-11-18/h4,6-8,10-11H,1,5,9,12-17H2,2-3H3,(H,21,22). The molecule has 0 atom stereocenters. The van der Waals surface area contributed by atoms with Crippen LogP contribution >= 0.6 is 0 Å². The second-order valence-corrected chi connectivity index (χ2v) is 6.51. The molecule has 1 aromatic carbocycles. The summed E-state index contributed by atoms with van der Waals surface area (Å²) in [4.78, 5) is 6.65. The number of allylic oxidation sites excluding steroid dienone is 1. The molecule has 1 aliphatic rings. The predicted octanol–water partition coefficient (Wildman–Crippen LogP) is 3.21. The fourth-order valence-electron chi connectivity index (χ4n) is 3.33. The third kappa shape index (κ3) is 4.84. The zero-order valence-electron chi connectivity index (χ0n) is 15.1. The molecule has 0 aromatic heterocycles. The molecule has 1 aromatic rings. The van der Waals surface area contributed by atoms with Gasteiger partial charge in [-0.1, -0.05) is 36.4 Å². The Morgan fingerprint density at radius 3 is 2.67 bits per heavy atom. The highest BCUT2D eigenvalue weighted by molar-refractivity contribution is 5.79. The maximum atomic E-state index is 5.61. The van der Waals surface area contributed by atoms with E-state index in [9.17, 15) is 0 Å². The first-order valence-corrected chi connectivity index (χ1v) is 8.88. The fraction of sp³-hybridized carbons (Fsp3) is 0.550. The minimum atomic E-state index is 0.122. The topological polar surface area (TPSA) is 36.9 Å². The first-order valence-electron chi connectivity index (χ1n) is 8.88. The van der Waals surface area contributed by atoms with Crippen molar-refractivity contribution < 1.29 is 4.74 Å². The first kappa shape index (κ1) is 18.5. The maximum Gasteiger partial charge on any atom is 0.193 e. The lowest BCUT2D eigenvalue weighted by molar-refractivity contribution is 0.0512. The molecule has 1 saturated heterocycles. The lowest BCUT2D eigenvalue weighted by atomic mass is 9.74. The summed E-state index contributed by atoms with van der Waals surface area (Å²) >= 11 is 0. The lowest BCUT2D eigenvalue weighted by Crippen LogP contribution is -2.48. The normalized spacial score (nSPS) is 17.3. The van der Waals surface area contributed by atoms with Gasteiger partial charge in [-0.25, -0.2) is 0 Å². The Bertz CT molecular complexity index is 521. The average molecular weight is 329 g/mol. The van der Waals surface area contributed by atoms with Gasteiger partial charge in [-0.05, 0) is 31.2 Å². The molecule has 0 amide bonds. The average Bonchev–Trinajstić information content (AvgIpc) is 2.64. The van der Waals surface area contributed by atoms with Gasteiger partial charge in [-0.3, -0.25) is 4.99 Å². The molecular weight excluding hydrogens is 298 g/mol. The van der Waals surface area contributed by atoms with Crippen molar-refractivity contribution >= 4 is 5.96 Å². The van der Waals surface area contributed by atoms with Crippen molar-refractivity contribution in [2.24, 2.45) is 4.99 Å². The number of hydrogen-bond acceptors (Lipinski definition) is 2. The number of guanidine groups is 1. The second kappa shape index (κ2) is 9.48. The number of unbranched alkanes of at least 4 members (excludes halogenated alkanes) is 1. The second-order valence-electron chi connectivity index (χ2n) is 6.51. The van der Waals surface area contributed by atoms with Gasteiger partial charge in [0.15, 0.2) is 5.96 Å². The summed E-state index contributed by atoms with van der Waals surface area (Å²) in [5.41, 5.74) is 1.52. The number of nitrogens with zero attached hydrogens (tertiary/aromatic N) is 2. The molecule has 1 heterocycles. The molecular formula is C20H31N3O. The summed E-state index contributed by atoms with van der Waals surface area (Å²) in [5.74, 6) is 0.959. The van der Waals surface area contributed by atoms with Crippen LogP contribution in [0.15, 0.2) is 48.0 Å². The van der Waals surface area contributed by atoms with E-state index in [0.717, 1.165) is 57.9 Å². The van der Waals surface area contributed by atoms with Crippen molar-refractivity contribution in [2.75, 3.05) is 40.4 Å². The maximum absolute atomic E-state index is 5.61. The van der Waals surface area contributed by atoms with Crippen molar-refractivity contribution in [1.82, 2.24) is 10.2 Å². The van der Waals surface area contributed by atoms with Crippen LogP contribution in [0.4, 0.5) is 0 Å². The van der Waals surface area contributed by atoms with Crippen LogP contribution in [0, 0.1) is 0 Å². The lowest BCUT2D eigenvalue weighted by Gasteiger charge is -2.39. The van der Waals surface area contributed by atoms with Crippen LogP contribution < -0.4 is 5.32 Å². The highest BCUT2D eigenvalue weighted by Gasteiger charge is 2.34. The number of aliphatic imine (C=N–C) groups is 1. The van der Waals surface area contributed by atoms with Crippen LogP contribution in [0.3, 0.4) is 0 Å². The van der Waals surface area contributed by atoms with Gasteiger partial charge in [0.2, 0.25) is 0 Å². The van der Waals surface area contributed by atoms with E-state index in [1.54, 1.807) is 0 Å². The Morgan fingerprint density at radius 1 is 1.33 bits per heavy atom. The van der Waals surface area contributed by atoms with Gasteiger partial charge in [-0.15, -0.1) is 6.58 Å². The summed E-state index contributed by atoms with van der Waals surface area (Å²) in [5, 5.41) is 3.60. The smallest absolute Gasteiger partial charge is 0.193 e. The van der Waals surface area contributed by atoms with E-state index in [0.29, 0.717) is 0 Å². The van der Waals surface area contributed by atoms with Crippen LogP contribution in [-0.4, -0.2) is 51.3 Å². The van der Waals surface area contributed by atoms with Gasteiger partial charge in [0, 0.05) is 45.8 Å². The van der Waals surface area contributed by atoms with Crippen LogP contribution in [0.5, 0.6) is 0 Å². The van der Waals surface area contributed by atoms with E-state index in [1.807, 2.05) is 13.1 Å². The van der Waals surface area contributed by atoms with Crippen LogP contribution in [0.2, 0.25) is 0 Å².